The molecule has 0 aliphatic carbocycles. The molecule has 9 heteroatoms. The highest BCUT2D eigenvalue weighted by Gasteiger charge is 2.29. The van der Waals surface area contributed by atoms with Crippen LogP contribution < -0.4 is 10.5 Å². The van der Waals surface area contributed by atoms with Crippen molar-refractivity contribution in [2.24, 2.45) is 0 Å². The minimum absolute atomic E-state index is 0.145. The van der Waals surface area contributed by atoms with Crippen LogP contribution in [0.1, 0.15) is 6.92 Å². The maximum atomic E-state index is 12.8. The molecule has 1 aromatic carbocycles. The first-order valence-corrected chi connectivity index (χ1v) is 10.2. The van der Waals surface area contributed by atoms with E-state index in [-0.39, 0.29) is 10.5 Å². The standard InChI is InChI=1S/C16H19BrN4O3S/c1-2-19-7-6-18-15(16(19)22)20-8-10-21(11-9-20)25(23,24)14-5-3-4-13(17)12-14/h3-7,12H,2,8-11H2,1H3. The fourth-order valence-corrected chi connectivity index (χ4v) is 4.84. The summed E-state index contributed by atoms with van der Waals surface area (Å²) in [6.07, 6.45) is 3.25. The highest BCUT2D eigenvalue weighted by atomic mass is 79.9. The smallest absolute Gasteiger partial charge is 0.293 e. The van der Waals surface area contributed by atoms with Gasteiger partial charge in [-0.15, -0.1) is 0 Å². The van der Waals surface area contributed by atoms with Crippen molar-refractivity contribution in [1.29, 1.82) is 0 Å². The van der Waals surface area contributed by atoms with Crippen LogP contribution in [0.25, 0.3) is 0 Å². The number of benzene rings is 1. The number of aromatic nitrogens is 2. The topological polar surface area (TPSA) is 75.5 Å². The molecule has 0 atom stereocenters. The van der Waals surface area contributed by atoms with Gasteiger partial charge in [0.15, 0.2) is 5.82 Å². The van der Waals surface area contributed by atoms with E-state index in [2.05, 4.69) is 20.9 Å². The number of hydrogen-bond acceptors (Lipinski definition) is 5. The largest absolute Gasteiger partial charge is 0.349 e. The van der Waals surface area contributed by atoms with Gasteiger partial charge in [-0.3, -0.25) is 4.79 Å². The Kier molecular flexibility index (Phi) is 5.26. The van der Waals surface area contributed by atoms with Crippen LogP contribution in [0.2, 0.25) is 0 Å². The molecule has 0 bridgehead atoms. The van der Waals surface area contributed by atoms with E-state index in [0.717, 1.165) is 4.47 Å². The summed E-state index contributed by atoms with van der Waals surface area (Å²) in [7, 11) is -3.54. The first-order chi connectivity index (χ1) is 11.9. The van der Waals surface area contributed by atoms with E-state index in [4.69, 9.17) is 0 Å². The van der Waals surface area contributed by atoms with Gasteiger partial charge in [-0.2, -0.15) is 4.31 Å². The third-order valence-electron chi connectivity index (χ3n) is 4.21. The second kappa shape index (κ2) is 7.27. The average Bonchev–Trinajstić information content (AvgIpc) is 2.62. The number of rotatable bonds is 4. The van der Waals surface area contributed by atoms with Crippen LogP contribution in [0.5, 0.6) is 0 Å². The second-order valence-corrected chi connectivity index (χ2v) is 8.54. The van der Waals surface area contributed by atoms with Gasteiger partial charge in [0.2, 0.25) is 10.0 Å². The third kappa shape index (κ3) is 3.63. The fourth-order valence-electron chi connectivity index (χ4n) is 2.82. The minimum Gasteiger partial charge on any atom is -0.349 e. The first kappa shape index (κ1) is 18.1. The zero-order valence-electron chi connectivity index (χ0n) is 13.8. The van der Waals surface area contributed by atoms with E-state index in [9.17, 15) is 13.2 Å². The van der Waals surface area contributed by atoms with Gasteiger partial charge < -0.3 is 9.47 Å². The highest BCUT2D eigenvalue weighted by molar-refractivity contribution is 9.10. The summed E-state index contributed by atoms with van der Waals surface area (Å²) >= 11 is 3.30. The SMILES string of the molecule is CCn1ccnc(N2CCN(S(=O)(=O)c3cccc(Br)c3)CC2)c1=O. The Morgan fingerprint density at radius 2 is 1.92 bits per heavy atom. The lowest BCUT2D eigenvalue weighted by Crippen LogP contribution is -2.50. The Morgan fingerprint density at radius 1 is 1.20 bits per heavy atom. The van der Waals surface area contributed by atoms with Gasteiger partial charge in [-0.1, -0.05) is 22.0 Å². The fraction of sp³-hybridized carbons (Fsp3) is 0.375. The van der Waals surface area contributed by atoms with Crippen LogP contribution in [0.3, 0.4) is 0 Å². The van der Waals surface area contributed by atoms with E-state index < -0.39 is 10.0 Å². The van der Waals surface area contributed by atoms with E-state index >= 15 is 0 Å². The van der Waals surface area contributed by atoms with E-state index in [1.165, 1.54) is 4.31 Å². The molecule has 0 spiro atoms. The molecule has 1 fully saturated rings. The van der Waals surface area contributed by atoms with Crippen LogP contribution >= 0.6 is 15.9 Å². The lowest BCUT2D eigenvalue weighted by molar-refractivity contribution is 0.383. The quantitative estimate of drug-likeness (QED) is 0.740. The molecule has 134 valence electrons. The Hall–Kier alpha value is -1.71. The third-order valence-corrected chi connectivity index (χ3v) is 6.60. The maximum absolute atomic E-state index is 12.8. The number of piperazine rings is 1. The van der Waals surface area contributed by atoms with E-state index in [0.29, 0.717) is 38.5 Å². The lowest BCUT2D eigenvalue weighted by atomic mass is 10.3. The zero-order valence-corrected chi connectivity index (χ0v) is 16.2. The Bertz CT molecular complexity index is 921. The maximum Gasteiger partial charge on any atom is 0.293 e. The van der Waals surface area contributed by atoms with Crippen LogP contribution in [-0.4, -0.2) is 48.5 Å². The Labute approximate surface area is 155 Å². The number of sulfonamides is 1. The molecular formula is C16H19BrN4O3S. The average molecular weight is 427 g/mol. The van der Waals surface area contributed by atoms with Crippen LogP contribution in [0.15, 0.2) is 50.8 Å². The molecular weight excluding hydrogens is 408 g/mol. The first-order valence-electron chi connectivity index (χ1n) is 7.99. The lowest BCUT2D eigenvalue weighted by Gasteiger charge is -2.34. The molecule has 1 aliphatic rings. The van der Waals surface area contributed by atoms with Gasteiger partial charge in [0.05, 0.1) is 4.90 Å². The molecule has 0 radical (unpaired) electrons. The molecule has 0 amide bonds. The summed E-state index contributed by atoms with van der Waals surface area (Å²) in [6, 6.07) is 6.68. The monoisotopic (exact) mass is 426 g/mol. The van der Waals surface area contributed by atoms with Crippen molar-refractivity contribution in [3.05, 3.63) is 51.5 Å². The predicted octanol–water partition coefficient (Wildman–Crippen LogP) is 1.54. The number of hydrogen-bond donors (Lipinski definition) is 0. The van der Waals surface area contributed by atoms with Gasteiger partial charge in [0, 0.05) is 49.6 Å². The normalized spacial score (nSPS) is 16.2. The van der Waals surface area contributed by atoms with Crippen molar-refractivity contribution in [3.63, 3.8) is 0 Å². The molecule has 7 nitrogen and oxygen atoms in total. The Balaban J connectivity index is 1.77. The molecule has 25 heavy (non-hydrogen) atoms. The molecule has 3 rings (SSSR count). The predicted molar refractivity (Wildman–Crippen MR) is 99.3 cm³/mol. The van der Waals surface area contributed by atoms with Gasteiger partial charge in [0.25, 0.3) is 5.56 Å². The van der Waals surface area contributed by atoms with Gasteiger partial charge in [-0.05, 0) is 25.1 Å². The number of aryl methyl sites for hydroxylation is 1. The minimum atomic E-state index is -3.54. The zero-order chi connectivity index (χ0) is 18.0. The molecule has 0 N–H and O–H groups in total. The van der Waals surface area contributed by atoms with Crippen molar-refractivity contribution in [2.45, 2.75) is 18.4 Å². The van der Waals surface area contributed by atoms with Crippen LogP contribution in [-0.2, 0) is 16.6 Å². The van der Waals surface area contributed by atoms with Crippen molar-refractivity contribution in [3.8, 4) is 0 Å². The summed E-state index contributed by atoms with van der Waals surface area (Å²) in [6.45, 7) is 3.97. The summed E-state index contributed by atoms with van der Waals surface area (Å²) < 4.78 is 29.3. The highest BCUT2D eigenvalue weighted by Crippen LogP contribution is 2.21. The summed E-state index contributed by atoms with van der Waals surface area (Å²) in [4.78, 5) is 18.7. The molecule has 2 heterocycles. The second-order valence-electron chi connectivity index (χ2n) is 5.69. The van der Waals surface area contributed by atoms with Crippen molar-refractivity contribution >= 4 is 31.8 Å². The Morgan fingerprint density at radius 3 is 2.56 bits per heavy atom. The molecule has 2 aromatic rings. The van der Waals surface area contributed by atoms with Crippen molar-refractivity contribution < 1.29 is 8.42 Å². The number of halogens is 1. The summed E-state index contributed by atoms with van der Waals surface area (Å²) in [5, 5.41) is 0. The van der Waals surface area contributed by atoms with E-state index in [1.807, 2.05) is 11.8 Å². The number of anilines is 1. The van der Waals surface area contributed by atoms with E-state index in [1.54, 1.807) is 41.2 Å². The summed E-state index contributed by atoms with van der Waals surface area (Å²) in [5.74, 6) is 0.379. The van der Waals surface area contributed by atoms with Crippen molar-refractivity contribution in [1.82, 2.24) is 13.9 Å². The van der Waals surface area contributed by atoms with Gasteiger partial charge in [0.1, 0.15) is 0 Å². The molecule has 1 saturated heterocycles. The molecule has 1 aliphatic heterocycles. The van der Waals surface area contributed by atoms with Crippen molar-refractivity contribution in [2.75, 3.05) is 31.1 Å². The number of nitrogens with zero attached hydrogens (tertiary/aromatic N) is 4. The molecule has 1 aromatic heterocycles. The van der Waals surface area contributed by atoms with Crippen LogP contribution in [0, 0.1) is 0 Å². The summed E-state index contributed by atoms with van der Waals surface area (Å²) in [5.41, 5.74) is -0.145. The molecule has 0 saturated carbocycles. The van der Waals surface area contributed by atoms with Crippen LogP contribution in [0.4, 0.5) is 5.82 Å². The molecule has 0 unspecified atom stereocenters. The van der Waals surface area contributed by atoms with Gasteiger partial charge in [-0.25, -0.2) is 13.4 Å². The van der Waals surface area contributed by atoms with Gasteiger partial charge >= 0.3 is 0 Å².